The van der Waals surface area contributed by atoms with Crippen molar-refractivity contribution in [2.45, 2.75) is 32.6 Å². The minimum atomic E-state index is -0.0322. The molecule has 92 valence electrons. The van der Waals surface area contributed by atoms with E-state index in [1.807, 2.05) is 30.3 Å². The van der Waals surface area contributed by atoms with Crippen molar-refractivity contribution in [2.24, 2.45) is 5.92 Å². The quantitative estimate of drug-likeness (QED) is 0.729. The molecule has 0 aliphatic rings. The van der Waals surface area contributed by atoms with Crippen LogP contribution in [0.5, 0.6) is 0 Å². The Morgan fingerprint density at radius 1 is 1.24 bits per heavy atom. The summed E-state index contributed by atoms with van der Waals surface area (Å²) in [6.45, 7) is 6.23. The number of nitrogens with one attached hydrogen (secondary N) is 1. The maximum Gasteiger partial charge on any atom is 0.0837 e. The van der Waals surface area contributed by atoms with E-state index in [-0.39, 0.29) is 5.92 Å². The molecule has 1 aromatic rings. The number of nitriles is 1. The Kier molecular flexibility index (Phi) is 6.35. The summed E-state index contributed by atoms with van der Waals surface area (Å²) in [5.41, 5.74) is 1.10. The van der Waals surface area contributed by atoms with Gasteiger partial charge in [-0.25, -0.2) is 0 Å². The fraction of sp³-hybridized carbons (Fsp3) is 0.533. The molecule has 0 aliphatic heterocycles. The minimum Gasteiger partial charge on any atom is -0.315 e. The number of hydrogen-bond donors (Lipinski definition) is 1. The van der Waals surface area contributed by atoms with E-state index in [4.69, 9.17) is 5.26 Å². The lowest BCUT2D eigenvalue weighted by Gasteiger charge is -2.11. The Labute approximate surface area is 105 Å². The average Bonchev–Trinajstić information content (AvgIpc) is 2.34. The lowest BCUT2D eigenvalue weighted by molar-refractivity contribution is 0.524. The van der Waals surface area contributed by atoms with Crippen molar-refractivity contribution in [3.8, 4) is 6.07 Å². The summed E-state index contributed by atoms with van der Waals surface area (Å²) in [6.07, 6.45) is 2.43. The molecule has 0 fully saturated rings. The molecule has 0 saturated heterocycles. The first-order chi connectivity index (χ1) is 8.24. The third kappa shape index (κ3) is 5.51. The summed E-state index contributed by atoms with van der Waals surface area (Å²) in [5.74, 6) is 0.730. The molecule has 2 heteroatoms. The molecule has 0 aromatic heterocycles. The Morgan fingerprint density at radius 2 is 1.94 bits per heavy atom. The van der Waals surface area contributed by atoms with Crippen molar-refractivity contribution >= 4 is 0 Å². The Hall–Kier alpha value is -1.33. The zero-order valence-electron chi connectivity index (χ0n) is 10.8. The van der Waals surface area contributed by atoms with Crippen LogP contribution in [0.25, 0.3) is 0 Å². The van der Waals surface area contributed by atoms with Crippen LogP contribution >= 0.6 is 0 Å². The third-order valence-corrected chi connectivity index (χ3v) is 2.84. The molecule has 1 aromatic carbocycles. The van der Waals surface area contributed by atoms with Crippen LogP contribution in [0.3, 0.4) is 0 Å². The fourth-order valence-corrected chi connectivity index (χ4v) is 1.81. The van der Waals surface area contributed by atoms with Gasteiger partial charge >= 0.3 is 0 Å². The molecule has 0 saturated carbocycles. The molecule has 1 atom stereocenters. The lowest BCUT2D eigenvalue weighted by Crippen LogP contribution is -2.22. The summed E-state index contributed by atoms with van der Waals surface area (Å²) in [7, 11) is 0. The predicted octanol–water partition coefficient (Wildman–Crippen LogP) is 3.32. The summed E-state index contributed by atoms with van der Waals surface area (Å²) in [6, 6.07) is 12.3. The highest BCUT2D eigenvalue weighted by Gasteiger charge is 2.08. The van der Waals surface area contributed by atoms with Crippen LogP contribution in [0.15, 0.2) is 30.3 Å². The zero-order chi connectivity index (χ0) is 12.5. The van der Waals surface area contributed by atoms with Gasteiger partial charge in [0.25, 0.3) is 0 Å². The Balaban J connectivity index is 2.27. The monoisotopic (exact) mass is 230 g/mol. The topological polar surface area (TPSA) is 35.8 Å². The molecular weight excluding hydrogens is 208 g/mol. The molecule has 1 N–H and O–H groups in total. The predicted molar refractivity (Wildman–Crippen MR) is 71.7 cm³/mol. The van der Waals surface area contributed by atoms with Crippen LogP contribution in [0.1, 0.15) is 38.2 Å². The second-order valence-corrected chi connectivity index (χ2v) is 4.83. The second kappa shape index (κ2) is 7.86. The standard InChI is InChI=1S/C15H22N2/c1-13(2)7-6-10-17-12-15(11-16)14-8-4-3-5-9-14/h3-5,8-9,13,15,17H,6-7,10,12H2,1-2H3. The van der Waals surface area contributed by atoms with Gasteiger partial charge in [0.2, 0.25) is 0 Å². The SMILES string of the molecule is CC(C)CCCNCC(C#N)c1ccccc1. The second-order valence-electron chi connectivity index (χ2n) is 4.83. The first-order valence-corrected chi connectivity index (χ1v) is 6.39. The lowest BCUT2D eigenvalue weighted by atomic mass is 10.0. The van der Waals surface area contributed by atoms with E-state index in [1.54, 1.807) is 0 Å². The molecule has 1 unspecified atom stereocenters. The molecule has 0 aliphatic carbocycles. The first-order valence-electron chi connectivity index (χ1n) is 6.39. The fourth-order valence-electron chi connectivity index (χ4n) is 1.81. The zero-order valence-corrected chi connectivity index (χ0v) is 10.8. The summed E-state index contributed by atoms with van der Waals surface area (Å²) >= 11 is 0. The average molecular weight is 230 g/mol. The van der Waals surface area contributed by atoms with Gasteiger partial charge in [0, 0.05) is 6.54 Å². The van der Waals surface area contributed by atoms with Crippen LogP contribution in [0.2, 0.25) is 0 Å². The van der Waals surface area contributed by atoms with Crippen molar-refractivity contribution < 1.29 is 0 Å². The summed E-state index contributed by atoms with van der Waals surface area (Å²) < 4.78 is 0. The molecule has 0 heterocycles. The van der Waals surface area contributed by atoms with Crippen LogP contribution in [-0.2, 0) is 0 Å². The first kappa shape index (κ1) is 13.7. The minimum absolute atomic E-state index is 0.0322. The number of benzene rings is 1. The highest BCUT2D eigenvalue weighted by molar-refractivity contribution is 5.24. The van der Waals surface area contributed by atoms with Gasteiger partial charge in [-0.05, 0) is 30.9 Å². The van der Waals surface area contributed by atoms with Gasteiger partial charge in [0.15, 0.2) is 0 Å². The smallest absolute Gasteiger partial charge is 0.0837 e. The maximum atomic E-state index is 9.13. The maximum absolute atomic E-state index is 9.13. The van der Waals surface area contributed by atoms with Gasteiger partial charge < -0.3 is 5.32 Å². The molecule has 17 heavy (non-hydrogen) atoms. The number of nitrogens with zero attached hydrogens (tertiary/aromatic N) is 1. The van der Waals surface area contributed by atoms with Gasteiger partial charge in [-0.2, -0.15) is 5.26 Å². The highest BCUT2D eigenvalue weighted by Crippen LogP contribution is 2.13. The highest BCUT2D eigenvalue weighted by atomic mass is 14.9. The van der Waals surface area contributed by atoms with Crippen molar-refractivity contribution in [3.63, 3.8) is 0 Å². The van der Waals surface area contributed by atoms with Gasteiger partial charge in [-0.1, -0.05) is 44.2 Å². The Morgan fingerprint density at radius 3 is 2.53 bits per heavy atom. The molecule has 2 nitrogen and oxygen atoms in total. The molecular formula is C15H22N2. The van der Waals surface area contributed by atoms with Gasteiger partial charge in [0.05, 0.1) is 12.0 Å². The van der Waals surface area contributed by atoms with E-state index >= 15 is 0 Å². The van der Waals surface area contributed by atoms with E-state index < -0.39 is 0 Å². The van der Waals surface area contributed by atoms with Gasteiger partial charge in [-0.3, -0.25) is 0 Å². The Bertz CT molecular complexity index is 338. The largest absolute Gasteiger partial charge is 0.315 e. The van der Waals surface area contributed by atoms with E-state index in [0.29, 0.717) is 0 Å². The molecule has 0 radical (unpaired) electrons. The normalized spacial score (nSPS) is 12.4. The van der Waals surface area contributed by atoms with E-state index in [0.717, 1.165) is 24.6 Å². The van der Waals surface area contributed by atoms with Crippen LogP contribution in [-0.4, -0.2) is 13.1 Å². The van der Waals surface area contributed by atoms with E-state index in [9.17, 15) is 0 Å². The van der Waals surface area contributed by atoms with Crippen LogP contribution in [0, 0.1) is 17.2 Å². The van der Waals surface area contributed by atoms with Gasteiger partial charge in [0.1, 0.15) is 0 Å². The third-order valence-electron chi connectivity index (χ3n) is 2.84. The molecule has 1 rings (SSSR count). The molecule has 0 spiro atoms. The number of hydrogen-bond acceptors (Lipinski definition) is 2. The van der Waals surface area contributed by atoms with Crippen molar-refractivity contribution in [1.29, 1.82) is 5.26 Å². The number of rotatable bonds is 7. The summed E-state index contributed by atoms with van der Waals surface area (Å²) in [4.78, 5) is 0. The van der Waals surface area contributed by atoms with Gasteiger partial charge in [-0.15, -0.1) is 0 Å². The molecule has 0 bridgehead atoms. The molecule has 0 amide bonds. The van der Waals surface area contributed by atoms with Crippen molar-refractivity contribution in [2.75, 3.05) is 13.1 Å². The van der Waals surface area contributed by atoms with Crippen molar-refractivity contribution in [1.82, 2.24) is 5.32 Å². The van der Waals surface area contributed by atoms with Crippen LogP contribution < -0.4 is 5.32 Å². The van der Waals surface area contributed by atoms with E-state index in [2.05, 4.69) is 25.2 Å². The summed E-state index contributed by atoms with van der Waals surface area (Å²) in [5, 5.41) is 12.5. The van der Waals surface area contributed by atoms with Crippen molar-refractivity contribution in [3.05, 3.63) is 35.9 Å². The van der Waals surface area contributed by atoms with Crippen LogP contribution in [0.4, 0.5) is 0 Å². The van der Waals surface area contributed by atoms with E-state index in [1.165, 1.54) is 12.8 Å².